The highest BCUT2D eigenvalue weighted by molar-refractivity contribution is 5.88. The smallest absolute Gasteiger partial charge is 0.243 e. The zero-order valence-corrected chi connectivity index (χ0v) is 19.1. The Hall–Kier alpha value is -2.43. The molecule has 2 heterocycles. The van der Waals surface area contributed by atoms with Gasteiger partial charge in [0.2, 0.25) is 11.8 Å². The summed E-state index contributed by atoms with van der Waals surface area (Å²) >= 11 is 0. The van der Waals surface area contributed by atoms with Crippen molar-refractivity contribution in [3.8, 4) is 6.07 Å². The van der Waals surface area contributed by atoms with Crippen molar-refractivity contribution in [3.05, 3.63) is 35.9 Å². The van der Waals surface area contributed by atoms with Crippen molar-refractivity contribution in [1.29, 1.82) is 5.26 Å². The van der Waals surface area contributed by atoms with Crippen molar-refractivity contribution in [1.82, 2.24) is 16.0 Å². The lowest BCUT2D eigenvalue weighted by atomic mass is 9.84. The highest BCUT2D eigenvalue weighted by Gasteiger charge is 2.37. The van der Waals surface area contributed by atoms with Crippen LogP contribution in [0.4, 0.5) is 0 Å². The molecular weight excluding hydrogens is 404 g/mol. The molecule has 1 unspecified atom stereocenters. The molecule has 0 saturated carbocycles. The Kier molecular flexibility index (Phi) is 8.66. The average molecular weight is 441 g/mol. The quantitative estimate of drug-likeness (QED) is 0.573. The van der Waals surface area contributed by atoms with E-state index in [1.807, 2.05) is 44.2 Å². The summed E-state index contributed by atoms with van der Waals surface area (Å²) in [5, 5.41) is 29.0. The number of aliphatic hydroxyl groups is 1. The summed E-state index contributed by atoms with van der Waals surface area (Å²) in [6.07, 6.45) is 3.30. The summed E-state index contributed by atoms with van der Waals surface area (Å²) in [4.78, 5) is 26.3. The molecule has 7 nitrogen and oxygen atoms in total. The maximum atomic E-state index is 13.3. The summed E-state index contributed by atoms with van der Waals surface area (Å²) in [5.74, 6) is -0.340. The van der Waals surface area contributed by atoms with Gasteiger partial charge < -0.3 is 15.7 Å². The minimum absolute atomic E-state index is 0.0968. The number of aliphatic hydroxyl groups excluding tert-OH is 1. The Morgan fingerprint density at radius 2 is 1.88 bits per heavy atom. The van der Waals surface area contributed by atoms with E-state index in [4.69, 9.17) is 0 Å². The van der Waals surface area contributed by atoms with Crippen molar-refractivity contribution in [2.45, 2.75) is 70.7 Å². The monoisotopic (exact) mass is 440 g/mol. The molecule has 0 spiro atoms. The van der Waals surface area contributed by atoms with Gasteiger partial charge in [0.25, 0.3) is 0 Å². The number of carbonyl (C=O) groups is 2. The average Bonchev–Trinajstić information content (AvgIpc) is 3.11. The van der Waals surface area contributed by atoms with Crippen molar-refractivity contribution in [2.75, 3.05) is 6.54 Å². The second-order valence-electron chi connectivity index (χ2n) is 9.71. The Bertz CT molecular complexity index is 807. The molecule has 0 aliphatic carbocycles. The summed E-state index contributed by atoms with van der Waals surface area (Å²) in [6, 6.07) is 10.8. The molecule has 1 aromatic carbocycles. The van der Waals surface area contributed by atoms with Crippen molar-refractivity contribution >= 4 is 11.8 Å². The summed E-state index contributed by atoms with van der Waals surface area (Å²) in [5.41, 5.74) is 1.10. The van der Waals surface area contributed by atoms with Crippen LogP contribution in [0.1, 0.15) is 51.5 Å². The zero-order chi connectivity index (χ0) is 23.1. The maximum Gasteiger partial charge on any atom is 0.243 e. The van der Waals surface area contributed by atoms with E-state index in [0.717, 1.165) is 24.8 Å². The third-order valence-corrected chi connectivity index (χ3v) is 6.74. The van der Waals surface area contributed by atoms with Crippen LogP contribution in [0.15, 0.2) is 30.3 Å². The number of hydrogen-bond donors (Lipinski definition) is 4. The van der Waals surface area contributed by atoms with E-state index >= 15 is 0 Å². The van der Waals surface area contributed by atoms with E-state index in [1.54, 1.807) is 0 Å². The van der Waals surface area contributed by atoms with Crippen LogP contribution < -0.4 is 16.0 Å². The SMILES string of the molecule is CC(C)C[C@@H]1NC(=O)[C@@H](Cc2ccccc2)CCC[C@H]2CNC(O)[C@@H]2C[C@@H](C#N)NC1=O. The number of amides is 2. The number of carbonyl (C=O) groups excluding carboxylic acids is 2. The van der Waals surface area contributed by atoms with Crippen LogP contribution in [0.3, 0.4) is 0 Å². The number of nitrogens with zero attached hydrogens (tertiary/aromatic N) is 1. The summed E-state index contributed by atoms with van der Waals surface area (Å²) < 4.78 is 0. The van der Waals surface area contributed by atoms with Gasteiger partial charge in [-0.05, 0) is 49.5 Å². The van der Waals surface area contributed by atoms with E-state index in [-0.39, 0.29) is 35.5 Å². The third-order valence-electron chi connectivity index (χ3n) is 6.74. The van der Waals surface area contributed by atoms with Gasteiger partial charge in [0.1, 0.15) is 18.3 Å². The first kappa shape index (κ1) is 24.2. The van der Waals surface area contributed by atoms with Gasteiger partial charge in [0, 0.05) is 18.4 Å². The second-order valence-corrected chi connectivity index (χ2v) is 9.71. The van der Waals surface area contributed by atoms with Gasteiger partial charge in [-0.3, -0.25) is 14.9 Å². The molecule has 2 fully saturated rings. The fraction of sp³-hybridized carbons (Fsp3) is 0.640. The molecule has 4 N–H and O–H groups in total. The topological polar surface area (TPSA) is 114 Å². The maximum absolute atomic E-state index is 13.3. The van der Waals surface area contributed by atoms with Gasteiger partial charge in [0.05, 0.1) is 6.07 Å². The van der Waals surface area contributed by atoms with E-state index in [2.05, 4.69) is 22.0 Å². The molecular formula is C25H36N4O3. The molecule has 2 aliphatic rings. The normalized spacial score (nSPS) is 32.0. The minimum atomic E-state index is -0.697. The molecule has 0 bridgehead atoms. The van der Waals surface area contributed by atoms with Crippen LogP contribution in [0.2, 0.25) is 0 Å². The largest absolute Gasteiger partial charge is 0.378 e. The molecule has 3 rings (SSSR count). The van der Waals surface area contributed by atoms with E-state index in [1.165, 1.54) is 0 Å². The highest BCUT2D eigenvalue weighted by Crippen LogP contribution is 2.31. The van der Waals surface area contributed by atoms with Crippen LogP contribution in [-0.2, 0) is 16.0 Å². The number of nitrogens with one attached hydrogen (secondary N) is 3. The Morgan fingerprint density at radius 3 is 2.56 bits per heavy atom. The molecule has 6 atom stereocenters. The standard InChI is InChI=1S/C25H36N4O3/c1-16(2)11-22-25(32)28-20(14-26)13-21-19(15-27-24(21)31)10-6-9-18(23(30)29-22)12-17-7-4-3-5-8-17/h3-5,7-8,16,18-22,24,27,31H,6,9-13,15H2,1-2H3,(H,28,32)(H,29,30)/t18-,19+,20+,21-,22+,24?/m1/s1. The van der Waals surface area contributed by atoms with Crippen molar-refractivity contribution in [3.63, 3.8) is 0 Å². The lowest BCUT2D eigenvalue weighted by molar-refractivity contribution is -0.131. The molecule has 32 heavy (non-hydrogen) atoms. The van der Waals surface area contributed by atoms with Crippen LogP contribution in [0.25, 0.3) is 0 Å². The van der Waals surface area contributed by atoms with Gasteiger partial charge in [-0.25, -0.2) is 0 Å². The van der Waals surface area contributed by atoms with Gasteiger partial charge in [-0.15, -0.1) is 0 Å². The first-order valence-corrected chi connectivity index (χ1v) is 11.8. The minimum Gasteiger partial charge on any atom is -0.378 e. The number of benzene rings is 1. The van der Waals surface area contributed by atoms with Gasteiger partial charge in [0.15, 0.2) is 0 Å². The number of hydrogen-bond acceptors (Lipinski definition) is 5. The fourth-order valence-corrected chi connectivity index (χ4v) is 5.00. The Balaban J connectivity index is 1.84. The van der Waals surface area contributed by atoms with Crippen molar-refractivity contribution < 1.29 is 14.7 Å². The molecule has 2 saturated heterocycles. The van der Waals surface area contributed by atoms with Crippen LogP contribution in [0.5, 0.6) is 0 Å². The first-order chi connectivity index (χ1) is 15.4. The van der Waals surface area contributed by atoms with E-state index < -0.39 is 18.3 Å². The third kappa shape index (κ3) is 6.54. The van der Waals surface area contributed by atoms with E-state index in [0.29, 0.717) is 25.8 Å². The predicted octanol–water partition coefficient (Wildman–Crippen LogP) is 2.11. The lowest BCUT2D eigenvalue weighted by Gasteiger charge is -2.25. The molecule has 2 amide bonds. The molecule has 0 aromatic heterocycles. The fourth-order valence-electron chi connectivity index (χ4n) is 5.00. The highest BCUT2D eigenvalue weighted by atomic mass is 16.3. The van der Waals surface area contributed by atoms with Crippen LogP contribution in [-0.4, -0.2) is 41.8 Å². The predicted molar refractivity (Wildman–Crippen MR) is 122 cm³/mol. The number of fused-ring (bicyclic) bond motifs is 1. The van der Waals surface area contributed by atoms with Gasteiger partial charge in [-0.1, -0.05) is 50.6 Å². The summed E-state index contributed by atoms with van der Waals surface area (Å²) in [7, 11) is 0. The Morgan fingerprint density at radius 1 is 1.12 bits per heavy atom. The Labute approximate surface area is 191 Å². The zero-order valence-electron chi connectivity index (χ0n) is 19.1. The molecule has 1 aromatic rings. The van der Waals surface area contributed by atoms with E-state index in [9.17, 15) is 20.0 Å². The van der Waals surface area contributed by atoms with Crippen LogP contribution >= 0.6 is 0 Å². The lowest BCUT2D eigenvalue weighted by Crippen LogP contribution is -2.51. The second kappa shape index (κ2) is 11.4. The van der Waals surface area contributed by atoms with Gasteiger partial charge in [-0.2, -0.15) is 5.26 Å². The van der Waals surface area contributed by atoms with Crippen LogP contribution in [0, 0.1) is 35.0 Å². The molecule has 2 aliphatic heterocycles. The molecule has 174 valence electrons. The van der Waals surface area contributed by atoms with Gasteiger partial charge >= 0.3 is 0 Å². The number of nitriles is 1. The summed E-state index contributed by atoms with van der Waals surface area (Å²) in [6.45, 7) is 4.70. The molecule has 7 heteroatoms. The molecule has 0 radical (unpaired) electrons. The number of rotatable bonds is 4. The van der Waals surface area contributed by atoms with Crippen molar-refractivity contribution in [2.24, 2.45) is 23.7 Å². The first-order valence-electron chi connectivity index (χ1n) is 11.8.